The van der Waals surface area contributed by atoms with E-state index in [2.05, 4.69) is 26.8 Å². The normalized spacial score (nSPS) is 30.5. The van der Waals surface area contributed by atoms with Crippen LogP contribution in [0, 0.1) is 5.92 Å². The molecule has 31 heavy (non-hydrogen) atoms. The molecule has 3 aliphatic rings. The minimum Gasteiger partial charge on any atom is -0.493 e. The summed E-state index contributed by atoms with van der Waals surface area (Å²) < 4.78 is 30.3. The predicted octanol–water partition coefficient (Wildman–Crippen LogP) is 4.01. The summed E-state index contributed by atoms with van der Waals surface area (Å²) in [4.78, 5) is 13.6. The fourth-order valence-electron chi connectivity index (χ4n) is 5.95. The first-order chi connectivity index (χ1) is 15.0. The Bertz CT molecular complexity index is 871. The summed E-state index contributed by atoms with van der Waals surface area (Å²) in [5.74, 6) is 0.777. The van der Waals surface area contributed by atoms with Crippen molar-refractivity contribution in [2.24, 2.45) is 5.92 Å². The van der Waals surface area contributed by atoms with Gasteiger partial charge in [-0.05, 0) is 36.2 Å². The van der Waals surface area contributed by atoms with E-state index in [9.17, 15) is 4.79 Å². The van der Waals surface area contributed by atoms with Crippen molar-refractivity contribution in [2.45, 2.75) is 69.1 Å². The van der Waals surface area contributed by atoms with E-state index >= 15 is 0 Å². The van der Waals surface area contributed by atoms with E-state index in [0.717, 1.165) is 35.7 Å². The highest BCUT2D eigenvalue weighted by Gasteiger charge is 2.68. The molecule has 0 spiro atoms. The van der Waals surface area contributed by atoms with Gasteiger partial charge < -0.3 is 23.4 Å². The van der Waals surface area contributed by atoms with E-state index in [4.69, 9.17) is 23.4 Å². The smallest absolute Gasteiger partial charge is 0.321 e. The third-order valence-corrected chi connectivity index (χ3v) is 12.5. The molecule has 0 N–H and O–H groups in total. The number of methoxy groups -OCH3 is 3. The molecule has 7 heteroatoms. The van der Waals surface area contributed by atoms with Crippen LogP contribution < -0.4 is 9.47 Å². The highest BCUT2D eigenvalue weighted by Crippen LogP contribution is 2.60. The molecule has 1 aromatic carbocycles. The molecule has 4 rings (SSSR count). The first-order valence-electron chi connectivity index (χ1n) is 11.3. The van der Waals surface area contributed by atoms with E-state index in [-0.39, 0.29) is 24.1 Å². The molecule has 0 bridgehead atoms. The van der Waals surface area contributed by atoms with E-state index in [1.807, 2.05) is 18.2 Å². The van der Waals surface area contributed by atoms with Crippen molar-refractivity contribution in [1.29, 1.82) is 0 Å². The molecule has 1 aliphatic heterocycles. The van der Waals surface area contributed by atoms with E-state index in [1.54, 1.807) is 14.2 Å². The standard InChI is InChI=1S/C24H34O6Si/c1-7-31(8-2,9-3)30-19-14-15-10-12-17(26-4)21-20(15)24(23(25)28-6)16(19)11-13-18(27-5)22(24)29-21/h10-13,16,18-19,22H,7-9,14H2,1-6H3/t16-,18-,19+,22-,24+/m0/s1. The fraction of sp³-hybridized carbons (Fsp3) is 0.625. The molecule has 0 aromatic heterocycles. The largest absolute Gasteiger partial charge is 0.493 e. The zero-order valence-corrected chi connectivity index (χ0v) is 20.4. The van der Waals surface area contributed by atoms with Crippen molar-refractivity contribution in [3.05, 3.63) is 35.4 Å². The molecule has 6 nitrogen and oxygen atoms in total. The van der Waals surface area contributed by atoms with Crippen LogP contribution in [0.2, 0.25) is 18.1 Å². The van der Waals surface area contributed by atoms with Crippen LogP contribution in [0.15, 0.2) is 24.3 Å². The fourth-order valence-corrected chi connectivity index (χ4v) is 8.83. The van der Waals surface area contributed by atoms with Crippen LogP contribution in [0.1, 0.15) is 31.9 Å². The quantitative estimate of drug-likeness (QED) is 0.342. The first-order valence-corrected chi connectivity index (χ1v) is 13.8. The van der Waals surface area contributed by atoms with Crippen LogP contribution >= 0.6 is 0 Å². The molecule has 5 atom stereocenters. The van der Waals surface area contributed by atoms with Crippen LogP contribution in [0.5, 0.6) is 11.5 Å². The van der Waals surface area contributed by atoms with Crippen molar-refractivity contribution < 1.29 is 28.2 Å². The Balaban J connectivity index is 1.94. The van der Waals surface area contributed by atoms with Crippen LogP contribution in [-0.2, 0) is 30.5 Å². The van der Waals surface area contributed by atoms with Crippen molar-refractivity contribution in [3.8, 4) is 11.5 Å². The molecule has 0 amide bonds. The van der Waals surface area contributed by atoms with Crippen LogP contribution in [0.25, 0.3) is 0 Å². The Labute approximate surface area is 186 Å². The lowest BCUT2D eigenvalue weighted by molar-refractivity contribution is -0.159. The number of hydrogen-bond donors (Lipinski definition) is 0. The molecule has 0 fully saturated rings. The highest BCUT2D eigenvalue weighted by molar-refractivity contribution is 6.73. The Morgan fingerprint density at radius 1 is 1.13 bits per heavy atom. The molecule has 0 saturated heterocycles. The minimum atomic E-state index is -1.91. The third-order valence-electron chi connectivity index (χ3n) is 7.82. The summed E-state index contributed by atoms with van der Waals surface area (Å²) in [5, 5.41) is 0. The monoisotopic (exact) mass is 446 g/mol. The summed E-state index contributed by atoms with van der Waals surface area (Å²) >= 11 is 0. The second kappa shape index (κ2) is 8.26. The second-order valence-electron chi connectivity index (χ2n) is 8.75. The molecule has 1 heterocycles. The van der Waals surface area contributed by atoms with Gasteiger partial charge in [-0.1, -0.05) is 39.0 Å². The van der Waals surface area contributed by atoms with Crippen molar-refractivity contribution in [3.63, 3.8) is 0 Å². The second-order valence-corrected chi connectivity index (χ2v) is 13.5. The van der Waals surface area contributed by atoms with E-state index < -0.39 is 19.8 Å². The molecule has 0 radical (unpaired) electrons. The lowest BCUT2D eigenvalue weighted by Crippen LogP contribution is -2.63. The average Bonchev–Trinajstić information content (AvgIpc) is 3.18. The molecule has 1 aromatic rings. The Morgan fingerprint density at radius 2 is 1.84 bits per heavy atom. The minimum absolute atomic E-state index is 0.113. The maximum Gasteiger partial charge on any atom is 0.321 e. The first kappa shape index (κ1) is 22.4. The van der Waals surface area contributed by atoms with Crippen molar-refractivity contribution >= 4 is 14.3 Å². The van der Waals surface area contributed by atoms with Crippen molar-refractivity contribution in [2.75, 3.05) is 21.3 Å². The number of esters is 1. The summed E-state index contributed by atoms with van der Waals surface area (Å²) in [6.07, 6.45) is 3.85. The van der Waals surface area contributed by atoms with Crippen LogP contribution in [-0.4, -0.2) is 53.9 Å². The molecule has 2 aliphatic carbocycles. The molecule has 0 saturated carbocycles. The maximum atomic E-state index is 13.6. The number of carbonyl (C=O) groups excluding carboxylic acids is 1. The Morgan fingerprint density at radius 3 is 2.42 bits per heavy atom. The number of ether oxygens (including phenoxy) is 4. The molecular weight excluding hydrogens is 412 g/mol. The van der Waals surface area contributed by atoms with Gasteiger partial charge in [0.15, 0.2) is 19.8 Å². The number of hydrogen-bond acceptors (Lipinski definition) is 6. The zero-order valence-electron chi connectivity index (χ0n) is 19.4. The van der Waals surface area contributed by atoms with Gasteiger partial charge in [-0.2, -0.15) is 0 Å². The number of rotatable bonds is 8. The molecule has 0 unspecified atom stereocenters. The number of benzene rings is 1. The summed E-state index contributed by atoms with van der Waals surface area (Å²) in [5.41, 5.74) is 0.944. The van der Waals surface area contributed by atoms with Gasteiger partial charge >= 0.3 is 5.97 Å². The summed E-state index contributed by atoms with van der Waals surface area (Å²) in [6.45, 7) is 6.69. The molecular formula is C24H34O6Si. The SMILES string of the molecule is CC[Si](CC)(CC)O[C@@H]1Cc2ccc(OC)c3c2[C@]2(C(=O)OC)[C@H]1C=C[C@H](OC)[C@@H]2O3. The van der Waals surface area contributed by atoms with Gasteiger partial charge in [-0.15, -0.1) is 0 Å². The Kier molecular flexibility index (Phi) is 5.96. The van der Waals surface area contributed by atoms with Gasteiger partial charge in [0, 0.05) is 18.6 Å². The summed E-state index contributed by atoms with van der Waals surface area (Å²) in [6, 6.07) is 7.14. The third kappa shape index (κ3) is 3.00. The maximum absolute atomic E-state index is 13.6. The van der Waals surface area contributed by atoms with Crippen molar-refractivity contribution in [1.82, 2.24) is 0 Å². The average molecular weight is 447 g/mol. The van der Waals surface area contributed by atoms with E-state index in [0.29, 0.717) is 11.5 Å². The summed E-state index contributed by atoms with van der Waals surface area (Å²) in [7, 11) is 2.80. The van der Waals surface area contributed by atoms with Crippen LogP contribution in [0.3, 0.4) is 0 Å². The van der Waals surface area contributed by atoms with Gasteiger partial charge in [0.1, 0.15) is 17.6 Å². The predicted molar refractivity (Wildman–Crippen MR) is 120 cm³/mol. The van der Waals surface area contributed by atoms with Gasteiger partial charge in [0.2, 0.25) is 0 Å². The topological polar surface area (TPSA) is 63.2 Å². The van der Waals surface area contributed by atoms with Gasteiger partial charge in [-0.25, -0.2) is 0 Å². The van der Waals surface area contributed by atoms with Gasteiger partial charge in [0.25, 0.3) is 0 Å². The Hall–Kier alpha value is -1.83. The zero-order chi connectivity index (χ0) is 22.4. The van der Waals surface area contributed by atoms with Gasteiger partial charge in [-0.3, -0.25) is 4.79 Å². The molecule has 170 valence electrons. The highest BCUT2D eigenvalue weighted by atomic mass is 28.4. The lowest BCUT2D eigenvalue weighted by Gasteiger charge is -2.50. The van der Waals surface area contributed by atoms with Gasteiger partial charge in [0.05, 0.1) is 20.3 Å². The lowest BCUT2D eigenvalue weighted by atomic mass is 9.57. The van der Waals surface area contributed by atoms with E-state index in [1.165, 1.54) is 7.11 Å². The van der Waals surface area contributed by atoms with Crippen LogP contribution in [0.4, 0.5) is 0 Å². The number of carbonyl (C=O) groups is 1.